The number of nitrogens with zero attached hydrogens (tertiary/aromatic N) is 1. The Kier molecular flexibility index (Phi) is 12.1. The van der Waals surface area contributed by atoms with E-state index in [0.717, 1.165) is 25.0 Å². The molecule has 7 heteroatoms. The van der Waals surface area contributed by atoms with E-state index in [1.165, 1.54) is 61.6 Å². The van der Waals surface area contributed by atoms with E-state index in [2.05, 4.69) is 0 Å². The van der Waals surface area contributed by atoms with Gasteiger partial charge in [0.1, 0.15) is 0 Å². The van der Waals surface area contributed by atoms with Gasteiger partial charge in [0.2, 0.25) is 0 Å². The van der Waals surface area contributed by atoms with Crippen LogP contribution in [0, 0.1) is 5.41 Å². The predicted octanol–water partition coefficient (Wildman–Crippen LogP) is 5.39. The van der Waals surface area contributed by atoms with Crippen LogP contribution in [0.4, 0.5) is 0 Å². The number of fused-ring (bicyclic) bond motifs is 1. The Morgan fingerprint density at radius 3 is 1.71 bits per heavy atom. The van der Waals surface area contributed by atoms with Gasteiger partial charge in [-0.1, -0.05) is 75.3 Å². The van der Waals surface area contributed by atoms with Gasteiger partial charge in [0.15, 0.2) is 5.17 Å². The highest BCUT2D eigenvalue weighted by atomic mass is 79.9. The van der Waals surface area contributed by atoms with Crippen molar-refractivity contribution in [2.45, 2.75) is 64.2 Å². The number of benzene rings is 1. The number of carbonyl (C=O) groups is 2. The summed E-state index contributed by atoms with van der Waals surface area (Å²) < 4.78 is 0. The van der Waals surface area contributed by atoms with Crippen LogP contribution >= 0.6 is 28.7 Å². The second kappa shape index (κ2) is 13.8. The van der Waals surface area contributed by atoms with Gasteiger partial charge in [-0.05, 0) is 25.0 Å². The van der Waals surface area contributed by atoms with Gasteiger partial charge >= 0.3 is 0 Å². The zero-order valence-electron chi connectivity index (χ0n) is 16.5. The van der Waals surface area contributed by atoms with Gasteiger partial charge in [-0.2, -0.15) is 0 Å². The molecule has 0 unspecified atom stereocenters. The van der Waals surface area contributed by atoms with Crippen molar-refractivity contribution >= 4 is 45.7 Å². The van der Waals surface area contributed by atoms with Crippen molar-refractivity contribution in [3.05, 3.63) is 35.4 Å². The lowest BCUT2D eigenvalue weighted by molar-refractivity contribution is 0.0651. The van der Waals surface area contributed by atoms with Crippen molar-refractivity contribution in [3.63, 3.8) is 0 Å². The van der Waals surface area contributed by atoms with Crippen molar-refractivity contribution in [1.29, 1.82) is 5.41 Å². The Morgan fingerprint density at radius 1 is 0.821 bits per heavy atom. The Labute approximate surface area is 183 Å². The maximum Gasteiger partial charge on any atom is 0.261 e. The molecule has 1 aliphatic rings. The smallest absolute Gasteiger partial charge is 0.261 e. The fourth-order valence-electron chi connectivity index (χ4n) is 3.41. The highest BCUT2D eigenvalue weighted by Crippen LogP contribution is 2.23. The van der Waals surface area contributed by atoms with Crippen LogP contribution in [-0.2, 0) is 0 Å². The Morgan fingerprint density at radius 2 is 1.25 bits per heavy atom. The molecule has 0 saturated carbocycles. The lowest BCUT2D eigenvalue weighted by Crippen LogP contribution is -2.30. The molecule has 0 bridgehead atoms. The molecule has 0 radical (unpaired) electrons. The number of nitrogens with one attached hydrogen (secondary N) is 1. The minimum Gasteiger partial charge on any atom is -0.379 e. The van der Waals surface area contributed by atoms with Crippen LogP contribution in [0.1, 0.15) is 84.9 Å². The number of carbonyl (C=O) groups excluding carboxylic acids is 2. The molecule has 2 amide bonds. The SMILES string of the molecule is Br.N=C(N)SCCCCCCCCCCCCN1C(=O)c2ccccc2C1=O. The Balaban J connectivity index is 0.00000392. The van der Waals surface area contributed by atoms with Gasteiger partial charge < -0.3 is 5.73 Å². The summed E-state index contributed by atoms with van der Waals surface area (Å²) in [6.07, 6.45) is 11.8. The zero-order chi connectivity index (χ0) is 19.5. The van der Waals surface area contributed by atoms with E-state index in [1.54, 1.807) is 24.3 Å². The summed E-state index contributed by atoms with van der Waals surface area (Å²) in [5.41, 5.74) is 6.39. The predicted molar refractivity (Wildman–Crippen MR) is 123 cm³/mol. The largest absolute Gasteiger partial charge is 0.379 e. The first-order chi connectivity index (χ1) is 13.1. The second-order valence-electron chi connectivity index (χ2n) is 7.06. The van der Waals surface area contributed by atoms with Gasteiger partial charge in [0, 0.05) is 12.3 Å². The van der Waals surface area contributed by atoms with E-state index in [0.29, 0.717) is 17.7 Å². The third-order valence-corrected chi connectivity index (χ3v) is 5.72. The number of imide groups is 1. The fourth-order valence-corrected chi connectivity index (χ4v) is 3.98. The van der Waals surface area contributed by atoms with Crippen LogP contribution in [0.5, 0.6) is 0 Å². The molecule has 2 rings (SSSR count). The van der Waals surface area contributed by atoms with E-state index < -0.39 is 0 Å². The molecule has 0 aromatic heterocycles. The van der Waals surface area contributed by atoms with Crippen molar-refractivity contribution in [1.82, 2.24) is 4.90 Å². The highest BCUT2D eigenvalue weighted by Gasteiger charge is 2.34. The van der Waals surface area contributed by atoms with E-state index in [1.807, 2.05) is 0 Å². The molecule has 0 atom stereocenters. The van der Waals surface area contributed by atoms with E-state index in [-0.39, 0.29) is 34.0 Å². The number of hydrogen-bond acceptors (Lipinski definition) is 4. The lowest BCUT2D eigenvalue weighted by atomic mass is 10.1. The third-order valence-electron chi connectivity index (χ3n) is 4.91. The van der Waals surface area contributed by atoms with E-state index in [9.17, 15) is 9.59 Å². The van der Waals surface area contributed by atoms with Crippen LogP contribution in [0.2, 0.25) is 0 Å². The zero-order valence-corrected chi connectivity index (χ0v) is 19.0. The lowest BCUT2D eigenvalue weighted by Gasteiger charge is -2.13. The van der Waals surface area contributed by atoms with Gasteiger partial charge in [-0.15, -0.1) is 17.0 Å². The highest BCUT2D eigenvalue weighted by molar-refractivity contribution is 8.93. The Hall–Kier alpha value is -1.34. The number of hydrogen-bond donors (Lipinski definition) is 2. The summed E-state index contributed by atoms with van der Waals surface area (Å²) >= 11 is 1.43. The summed E-state index contributed by atoms with van der Waals surface area (Å²) in [6.45, 7) is 0.532. The van der Waals surface area contributed by atoms with Crippen LogP contribution < -0.4 is 5.73 Å². The average molecular weight is 470 g/mol. The molecule has 0 fully saturated rings. The average Bonchev–Trinajstić information content (AvgIpc) is 2.90. The van der Waals surface area contributed by atoms with Crippen LogP contribution in [0.3, 0.4) is 0 Å². The minimum atomic E-state index is -0.141. The Bertz CT molecular complexity index is 619. The minimum absolute atomic E-state index is 0. The number of amides is 2. The summed E-state index contributed by atoms with van der Waals surface area (Å²) in [4.78, 5) is 25.9. The van der Waals surface area contributed by atoms with Crippen LogP contribution in [0.25, 0.3) is 0 Å². The van der Waals surface area contributed by atoms with Crippen molar-refractivity contribution in [3.8, 4) is 0 Å². The molecule has 5 nitrogen and oxygen atoms in total. The molecule has 1 aliphatic heterocycles. The van der Waals surface area contributed by atoms with E-state index in [4.69, 9.17) is 11.1 Å². The first-order valence-electron chi connectivity index (χ1n) is 10.0. The van der Waals surface area contributed by atoms with Crippen molar-refractivity contribution < 1.29 is 9.59 Å². The number of nitrogens with two attached hydrogens (primary N) is 1. The van der Waals surface area contributed by atoms with Crippen molar-refractivity contribution in [2.24, 2.45) is 5.73 Å². The maximum atomic E-state index is 12.3. The summed E-state index contributed by atoms with van der Waals surface area (Å²) in [5.74, 6) is 0.678. The van der Waals surface area contributed by atoms with Gasteiger partial charge in [0.25, 0.3) is 11.8 Å². The number of halogens is 1. The van der Waals surface area contributed by atoms with Crippen molar-refractivity contribution in [2.75, 3.05) is 12.3 Å². The summed E-state index contributed by atoms with van der Waals surface area (Å²) in [7, 11) is 0. The molecule has 1 heterocycles. The molecule has 0 spiro atoms. The summed E-state index contributed by atoms with van der Waals surface area (Å²) in [6, 6.07) is 7.08. The number of unbranched alkanes of at least 4 members (excludes halogenated alkanes) is 9. The van der Waals surface area contributed by atoms with Gasteiger partial charge in [0.05, 0.1) is 11.1 Å². The molecule has 1 aromatic rings. The maximum absolute atomic E-state index is 12.3. The summed E-state index contributed by atoms with van der Waals surface area (Å²) in [5, 5.41) is 7.36. The van der Waals surface area contributed by atoms with Gasteiger partial charge in [-0.25, -0.2) is 0 Å². The molecule has 0 aliphatic carbocycles. The van der Waals surface area contributed by atoms with Crippen LogP contribution in [0.15, 0.2) is 24.3 Å². The molecular formula is C21H32BrN3O2S. The number of amidine groups is 1. The van der Waals surface area contributed by atoms with Gasteiger partial charge in [-0.3, -0.25) is 19.9 Å². The monoisotopic (exact) mass is 469 g/mol. The number of rotatable bonds is 13. The molecule has 0 saturated heterocycles. The first-order valence-corrected chi connectivity index (χ1v) is 11.0. The van der Waals surface area contributed by atoms with E-state index >= 15 is 0 Å². The standard InChI is InChI=1S/C21H31N3O2S.BrH/c22-21(23)27-16-12-8-6-4-2-1-3-5-7-11-15-24-19(25)17-13-9-10-14-18(17)20(24)26;/h9-10,13-14H,1-8,11-12,15-16H2,(H3,22,23);1H. The topological polar surface area (TPSA) is 87.2 Å². The molecular weight excluding hydrogens is 438 g/mol. The molecule has 156 valence electrons. The molecule has 1 aromatic carbocycles. The fraction of sp³-hybridized carbons (Fsp3) is 0.571. The second-order valence-corrected chi connectivity index (χ2v) is 8.19. The quantitative estimate of drug-likeness (QED) is 0.175. The first kappa shape index (κ1) is 24.7. The molecule has 3 N–H and O–H groups in total. The normalized spacial score (nSPS) is 12.8. The molecule has 28 heavy (non-hydrogen) atoms. The number of thioether (sulfide) groups is 1. The third kappa shape index (κ3) is 7.95. The van der Waals surface area contributed by atoms with Crippen LogP contribution in [-0.4, -0.2) is 34.2 Å².